The van der Waals surface area contributed by atoms with Crippen LogP contribution in [0.5, 0.6) is 5.75 Å². The summed E-state index contributed by atoms with van der Waals surface area (Å²) in [5.74, 6) is 0.272. The predicted octanol–water partition coefficient (Wildman–Crippen LogP) is 3.79. The number of anilines is 2. The summed E-state index contributed by atoms with van der Waals surface area (Å²) in [5, 5.41) is 3.49. The van der Waals surface area contributed by atoms with Crippen molar-refractivity contribution in [1.29, 1.82) is 0 Å². The molecule has 0 saturated heterocycles. The average Bonchev–Trinajstić information content (AvgIpc) is 2.70. The van der Waals surface area contributed by atoms with Gasteiger partial charge in [0.2, 0.25) is 5.91 Å². The van der Waals surface area contributed by atoms with Gasteiger partial charge in [0.15, 0.2) is 6.61 Å². The zero-order valence-corrected chi connectivity index (χ0v) is 14.8. The minimum absolute atomic E-state index is 0.107. The van der Waals surface area contributed by atoms with Crippen molar-refractivity contribution >= 4 is 34.8 Å². The van der Waals surface area contributed by atoms with E-state index in [0.29, 0.717) is 22.1 Å². The van der Waals surface area contributed by atoms with E-state index in [4.69, 9.17) is 16.3 Å². The molecule has 1 heterocycles. The molecule has 1 aliphatic rings. The Morgan fingerprint density at radius 2 is 2.08 bits per heavy atom. The lowest BCUT2D eigenvalue weighted by Gasteiger charge is -2.27. The van der Waals surface area contributed by atoms with Gasteiger partial charge in [-0.2, -0.15) is 0 Å². The van der Waals surface area contributed by atoms with Gasteiger partial charge in [-0.1, -0.05) is 23.7 Å². The normalized spacial score (nSPS) is 16.7. The highest BCUT2D eigenvalue weighted by molar-refractivity contribution is 6.31. The van der Waals surface area contributed by atoms with Crippen molar-refractivity contribution in [1.82, 2.24) is 0 Å². The van der Waals surface area contributed by atoms with E-state index in [1.54, 1.807) is 29.2 Å². The SMILES string of the molecule is Cc1cc(OCC(=O)N2c3ccccc3NC(=O)C[C@H]2C)ccc1Cl. The van der Waals surface area contributed by atoms with Gasteiger partial charge in [-0.3, -0.25) is 9.59 Å². The number of hydrogen-bond acceptors (Lipinski definition) is 3. The molecule has 0 aliphatic carbocycles. The Morgan fingerprint density at radius 3 is 2.84 bits per heavy atom. The van der Waals surface area contributed by atoms with Gasteiger partial charge in [-0.05, 0) is 49.7 Å². The highest BCUT2D eigenvalue weighted by atomic mass is 35.5. The molecule has 2 amide bonds. The van der Waals surface area contributed by atoms with Crippen LogP contribution in [0.2, 0.25) is 5.02 Å². The summed E-state index contributed by atoms with van der Waals surface area (Å²) >= 11 is 6.00. The van der Waals surface area contributed by atoms with E-state index in [1.165, 1.54) is 0 Å². The summed E-state index contributed by atoms with van der Waals surface area (Å²) in [4.78, 5) is 26.4. The van der Waals surface area contributed by atoms with Crippen LogP contribution in [0.3, 0.4) is 0 Å². The van der Waals surface area contributed by atoms with Crippen molar-refractivity contribution in [2.45, 2.75) is 26.3 Å². The molecular formula is C19H19ClN2O3. The van der Waals surface area contributed by atoms with E-state index in [1.807, 2.05) is 32.0 Å². The Bertz CT molecular complexity index is 822. The lowest BCUT2D eigenvalue weighted by molar-refractivity contribution is -0.121. The van der Waals surface area contributed by atoms with Crippen LogP contribution in [0.25, 0.3) is 0 Å². The maximum Gasteiger partial charge on any atom is 0.265 e. The Labute approximate surface area is 151 Å². The smallest absolute Gasteiger partial charge is 0.265 e. The molecule has 130 valence electrons. The molecule has 0 saturated carbocycles. The summed E-state index contributed by atoms with van der Waals surface area (Å²) < 4.78 is 5.63. The number of carbonyl (C=O) groups is 2. The van der Waals surface area contributed by atoms with Gasteiger partial charge >= 0.3 is 0 Å². The lowest BCUT2D eigenvalue weighted by Crippen LogP contribution is -2.41. The minimum atomic E-state index is -0.258. The quantitative estimate of drug-likeness (QED) is 0.908. The van der Waals surface area contributed by atoms with Gasteiger partial charge in [-0.15, -0.1) is 0 Å². The van der Waals surface area contributed by atoms with Gasteiger partial charge in [0, 0.05) is 17.5 Å². The fourth-order valence-corrected chi connectivity index (χ4v) is 3.01. The first-order chi connectivity index (χ1) is 12.0. The minimum Gasteiger partial charge on any atom is -0.484 e. The molecule has 0 aromatic heterocycles. The van der Waals surface area contributed by atoms with Crippen LogP contribution in [-0.2, 0) is 9.59 Å². The number of ether oxygens (including phenoxy) is 1. The van der Waals surface area contributed by atoms with Crippen LogP contribution < -0.4 is 15.0 Å². The third-order valence-electron chi connectivity index (χ3n) is 4.12. The summed E-state index contributed by atoms with van der Waals surface area (Å²) in [7, 11) is 0. The summed E-state index contributed by atoms with van der Waals surface area (Å²) in [6, 6.07) is 12.3. The Morgan fingerprint density at radius 1 is 1.32 bits per heavy atom. The molecule has 2 aromatic rings. The zero-order chi connectivity index (χ0) is 18.0. The number of fused-ring (bicyclic) bond motifs is 1. The Kier molecular flexibility index (Phi) is 4.95. The highest BCUT2D eigenvalue weighted by Crippen LogP contribution is 2.31. The van der Waals surface area contributed by atoms with E-state index in [9.17, 15) is 9.59 Å². The van der Waals surface area contributed by atoms with Crippen LogP contribution in [0.4, 0.5) is 11.4 Å². The van der Waals surface area contributed by atoms with Gasteiger partial charge in [0.05, 0.1) is 11.4 Å². The van der Waals surface area contributed by atoms with Crippen molar-refractivity contribution in [3.8, 4) is 5.75 Å². The number of nitrogens with one attached hydrogen (secondary N) is 1. The van der Waals surface area contributed by atoms with Crippen molar-refractivity contribution in [2.24, 2.45) is 0 Å². The lowest BCUT2D eigenvalue weighted by atomic mass is 10.1. The molecule has 0 spiro atoms. The van der Waals surface area contributed by atoms with Crippen molar-refractivity contribution in [3.63, 3.8) is 0 Å². The number of carbonyl (C=O) groups excluding carboxylic acids is 2. The Hall–Kier alpha value is -2.53. The van der Waals surface area contributed by atoms with Crippen LogP contribution in [-0.4, -0.2) is 24.5 Å². The van der Waals surface area contributed by atoms with Gasteiger partial charge in [0.25, 0.3) is 5.91 Å². The summed E-state index contributed by atoms with van der Waals surface area (Å²) in [6.07, 6.45) is 0.237. The van der Waals surface area contributed by atoms with Crippen LogP contribution in [0, 0.1) is 6.92 Å². The maximum atomic E-state index is 12.8. The number of rotatable bonds is 3. The first-order valence-electron chi connectivity index (χ1n) is 8.05. The maximum absolute atomic E-state index is 12.8. The third-order valence-corrected chi connectivity index (χ3v) is 4.54. The molecular weight excluding hydrogens is 340 g/mol. The van der Waals surface area contributed by atoms with Crippen LogP contribution >= 0.6 is 11.6 Å². The fourth-order valence-electron chi connectivity index (χ4n) is 2.89. The standard InChI is InChI=1S/C19H19ClN2O3/c1-12-9-14(7-8-15(12)20)25-11-19(24)22-13(2)10-18(23)21-16-5-3-4-6-17(16)22/h3-9,13H,10-11H2,1-2H3,(H,21,23)/t13-/m1/s1. The molecule has 1 N–H and O–H groups in total. The topological polar surface area (TPSA) is 58.6 Å². The molecule has 5 nitrogen and oxygen atoms in total. The second-order valence-corrected chi connectivity index (χ2v) is 6.49. The summed E-state index contributed by atoms with van der Waals surface area (Å²) in [5.41, 5.74) is 2.20. The van der Waals surface area contributed by atoms with E-state index in [-0.39, 0.29) is 30.9 Å². The average molecular weight is 359 g/mol. The number of benzene rings is 2. The molecule has 6 heteroatoms. The molecule has 0 fully saturated rings. The third kappa shape index (κ3) is 3.77. The number of para-hydroxylation sites is 2. The number of nitrogens with zero attached hydrogens (tertiary/aromatic N) is 1. The Balaban J connectivity index is 1.80. The molecule has 0 unspecified atom stereocenters. The van der Waals surface area contributed by atoms with E-state index in [2.05, 4.69) is 5.32 Å². The molecule has 1 atom stereocenters. The molecule has 2 aromatic carbocycles. The molecule has 25 heavy (non-hydrogen) atoms. The second kappa shape index (κ2) is 7.15. The zero-order valence-electron chi connectivity index (χ0n) is 14.1. The van der Waals surface area contributed by atoms with Gasteiger partial charge < -0.3 is 15.0 Å². The molecule has 0 bridgehead atoms. The van der Waals surface area contributed by atoms with Crippen LogP contribution in [0.1, 0.15) is 18.9 Å². The fraction of sp³-hybridized carbons (Fsp3) is 0.263. The van der Waals surface area contributed by atoms with Crippen molar-refractivity contribution < 1.29 is 14.3 Å². The van der Waals surface area contributed by atoms with E-state index < -0.39 is 0 Å². The molecule has 1 aliphatic heterocycles. The van der Waals surface area contributed by atoms with Gasteiger partial charge in [-0.25, -0.2) is 0 Å². The first kappa shape index (κ1) is 17.3. The first-order valence-corrected chi connectivity index (χ1v) is 8.43. The monoisotopic (exact) mass is 358 g/mol. The largest absolute Gasteiger partial charge is 0.484 e. The van der Waals surface area contributed by atoms with E-state index in [0.717, 1.165) is 5.56 Å². The van der Waals surface area contributed by atoms with E-state index >= 15 is 0 Å². The predicted molar refractivity (Wildman–Crippen MR) is 98.3 cm³/mol. The summed E-state index contributed by atoms with van der Waals surface area (Å²) in [6.45, 7) is 3.61. The number of hydrogen-bond donors (Lipinski definition) is 1. The van der Waals surface area contributed by atoms with Crippen molar-refractivity contribution in [2.75, 3.05) is 16.8 Å². The highest BCUT2D eigenvalue weighted by Gasteiger charge is 2.29. The van der Waals surface area contributed by atoms with Gasteiger partial charge in [0.1, 0.15) is 5.75 Å². The number of halogens is 1. The van der Waals surface area contributed by atoms with Crippen LogP contribution in [0.15, 0.2) is 42.5 Å². The molecule has 0 radical (unpaired) electrons. The molecule has 3 rings (SSSR count). The number of amides is 2. The van der Waals surface area contributed by atoms with Crippen molar-refractivity contribution in [3.05, 3.63) is 53.1 Å². The number of aryl methyl sites for hydroxylation is 1. The second-order valence-electron chi connectivity index (χ2n) is 6.08.